The minimum atomic E-state index is -1.07. The molecule has 0 spiro atoms. The number of hydrogen-bond donors (Lipinski definition) is 0. The van der Waals surface area contributed by atoms with Crippen LogP contribution >= 0.6 is 0 Å². The Labute approximate surface area is 280 Å². The predicted molar refractivity (Wildman–Crippen MR) is 182 cm³/mol. The molecule has 0 N–H and O–H groups in total. The van der Waals surface area contributed by atoms with E-state index in [0.29, 0.717) is 0 Å². The molecular formula is C42H26. The second-order valence-electron chi connectivity index (χ2n) is 9.25. The average Bonchev–Trinajstić information content (AvgIpc) is 3.30. The zero-order valence-electron chi connectivity index (χ0n) is 47.0. The van der Waals surface area contributed by atoms with Gasteiger partial charge in [-0.1, -0.05) is 139 Å². The molecule has 9 rings (SSSR count). The first kappa shape index (κ1) is 9.28. The quantitative estimate of drug-likeness (QED) is 0.147. The normalized spacial score (nSPS) is 20.5. The van der Waals surface area contributed by atoms with E-state index in [4.69, 9.17) is 24.7 Å². The molecule has 0 fully saturated rings. The van der Waals surface area contributed by atoms with Gasteiger partial charge in [-0.05, 0) is 105 Å². The Morgan fingerprint density at radius 3 is 1.71 bits per heavy atom. The fourth-order valence-electron chi connectivity index (χ4n) is 5.09. The number of benzene rings is 9. The molecule has 0 aliphatic carbocycles. The van der Waals surface area contributed by atoms with Crippen LogP contribution in [0.1, 0.15) is 35.6 Å². The molecule has 0 heterocycles. The maximum Gasteiger partial charge on any atom is 0.0636 e. The summed E-state index contributed by atoms with van der Waals surface area (Å²) in [5, 5.41) is -6.84. The molecule has 0 saturated heterocycles. The van der Waals surface area contributed by atoms with Crippen molar-refractivity contribution in [2.45, 2.75) is 0 Å². The van der Waals surface area contributed by atoms with Gasteiger partial charge in [-0.3, -0.25) is 0 Å². The molecule has 0 aromatic heterocycles. The second-order valence-corrected chi connectivity index (χ2v) is 9.25. The van der Waals surface area contributed by atoms with Gasteiger partial charge >= 0.3 is 0 Å². The van der Waals surface area contributed by atoms with Gasteiger partial charge in [0.05, 0.1) is 35.6 Å². The maximum absolute atomic E-state index is 9.58. The Hall–Kier alpha value is -5.46. The smallest absolute Gasteiger partial charge is 0.0616 e. The van der Waals surface area contributed by atoms with Crippen molar-refractivity contribution in [3.05, 3.63) is 157 Å². The molecule has 9 aromatic rings. The van der Waals surface area contributed by atoms with Gasteiger partial charge < -0.3 is 0 Å². The molecule has 194 valence electrons. The average molecular weight is 557 g/mol. The minimum absolute atomic E-state index is 0.505. The molecule has 0 amide bonds. The lowest BCUT2D eigenvalue weighted by Gasteiger charge is -2.15. The van der Waals surface area contributed by atoms with Gasteiger partial charge in [-0.15, -0.1) is 0 Å². The topological polar surface area (TPSA) is 0 Å². The van der Waals surface area contributed by atoms with E-state index in [1.807, 2.05) is 0 Å². The highest BCUT2D eigenvalue weighted by Crippen LogP contribution is 2.41. The van der Waals surface area contributed by atoms with Crippen molar-refractivity contribution < 1.29 is 35.6 Å². The van der Waals surface area contributed by atoms with E-state index in [1.54, 1.807) is 0 Å². The summed E-state index contributed by atoms with van der Waals surface area (Å²) in [6, 6.07) is -22.6. The highest BCUT2D eigenvalue weighted by Gasteiger charge is 2.14. The first-order chi connectivity index (χ1) is 31.7. The third-order valence-electron chi connectivity index (χ3n) is 6.94. The van der Waals surface area contributed by atoms with Crippen molar-refractivity contribution >= 4 is 64.6 Å². The Kier molecular flexibility index (Phi) is 1.99. The van der Waals surface area contributed by atoms with Gasteiger partial charge in [-0.2, -0.15) is 0 Å². The molecular weight excluding hydrogens is 504 g/mol. The SMILES string of the molecule is [2H]c1c([2H])c(-c2c([2H])c([2H])c([2H])c3c([2H])c([2H])c4c([2H])c5c([2H])c([2H])c([2H])c([2H])c5c([2H])c4c23)c([2H])c([2H])c1-c1c2c([2H])c([2H])c([2H])c([2H])c2c([2H])c2c1c([2H])c([2H])c1c([2H])c([2H])c([2H])c([2H])c12. The van der Waals surface area contributed by atoms with Crippen LogP contribution in [0.4, 0.5) is 0 Å². The summed E-state index contributed by atoms with van der Waals surface area (Å²) in [5.41, 5.74) is -3.04. The van der Waals surface area contributed by atoms with Gasteiger partial charge in [0.2, 0.25) is 0 Å². The first-order valence-electron chi connectivity index (χ1n) is 25.5. The van der Waals surface area contributed by atoms with Crippen molar-refractivity contribution in [2.24, 2.45) is 0 Å². The fraction of sp³-hybridized carbons (Fsp3) is 0. The number of rotatable bonds is 2. The third-order valence-corrected chi connectivity index (χ3v) is 6.94. The lowest BCUT2D eigenvalue weighted by Crippen LogP contribution is -1.88. The summed E-state index contributed by atoms with van der Waals surface area (Å²) < 4.78 is 233. The lowest BCUT2D eigenvalue weighted by molar-refractivity contribution is 1.64. The Morgan fingerprint density at radius 1 is 0.310 bits per heavy atom. The monoisotopic (exact) mass is 556 g/mol. The van der Waals surface area contributed by atoms with Crippen molar-refractivity contribution in [2.75, 3.05) is 0 Å². The molecule has 0 aliphatic heterocycles. The van der Waals surface area contributed by atoms with Gasteiger partial charge in [0.1, 0.15) is 0 Å². The standard InChI is InChI=1S/C42H26/c1-2-10-32-25-39-34(24-31(32)9-1)21-20-29-12-7-15-36(42(29)39)28-16-18-30(19-17-28)41-37-14-6-4-11-33(37)26-40-35-13-5-3-8-27(35)22-23-38(40)41/h1-26H/i1D,2D,3D,4D,5D,6D,7D,8D,9D,10D,11D,12D,13D,14D,15D,16D,17D,18D,19D,20D,21D,22D,23D,24D,25D,26D. The molecule has 0 atom stereocenters. The highest BCUT2D eigenvalue weighted by molar-refractivity contribution is 6.20. The number of fused-ring (bicyclic) bond motifs is 8. The van der Waals surface area contributed by atoms with Crippen LogP contribution < -0.4 is 0 Å². The van der Waals surface area contributed by atoms with E-state index in [9.17, 15) is 11.0 Å². The molecule has 0 unspecified atom stereocenters. The molecule has 42 heavy (non-hydrogen) atoms. The molecule has 9 aromatic carbocycles. The molecule has 0 heteroatoms. The third kappa shape index (κ3) is 3.49. The molecule has 0 radical (unpaired) electrons. The van der Waals surface area contributed by atoms with E-state index < -0.39 is 244 Å². The molecule has 0 aliphatic rings. The summed E-state index contributed by atoms with van der Waals surface area (Å²) in [4.78, 5) is 0. The summed E-state index contributed by atoms with van der Waals surface area (Å²) in [5.74, 6) is 0. The van der Waals surface area contributed by atoms with Crippen LogP contribution in [-0.2, 0) is 0 Å². The van der Waals surface area contributed by atoms with Gasteiger partial charge in [0.25, 0.3) is 0 Å². The minimum Gasteiger partial charge on any atom is -0.0616 e. The molecule has 0 saturated carbocycles. The summed E-state index contributed by atoms with van der Waals surface area (Å²) in [6.07, 6.45) is 0. The van der Waals surface area contributed by atoms with Crippen molar-refractivity contribution in [1.82, 2.24) is 0 Å². The van der Waals surface area contributed by atoms with Gasteiger partial charge in [0, 0.05) is 0 Å². The second kappa shape index (κ2) is 9.03. The highest BCUT2D eigenvalue weighted by atomic mass is 14.2. The summed E-state index contributed by atoms with van der Waals surface area (Å²) >= 11 is 0. The fourth-order valence-corrected chi connectivity index (χ4v) is 5.09. The zero-order chi connectivity index (χ0) is 50.2. The number of hydrogen-bond acceptors (Lipinski definition) is 0. The van der Waals surface area contributed by atoms with E-state index >= 15 is 0 Å². The summed E-state index contributed by atoms with van der Waals surface area (Å²) in [6.45, 7) is 0. The Morgan fingerprint density at radius 2 is 0.881 bits per heavy atom. The largest absolute Gasteiger partial charge is 0.0636 e. The van der Waals surface area contributed by atoms with Gasteiger partial charge in [-0.25, -0.2) is 0 Å². The zero-order valence-corrected chi connectivity index (χ0v) is 21.0. The summed E-state index contributed by atoms with van der Waals surface area (Å²) in [7, 11) is 0. The van der Waals surface area contributed by atoms with Crippen LogP contribution in [0.3, 0.4) is 0 Å². The van der Waals surface area contributed by atoms with Crippen molar-refractivity contribution in [1.29, 1.82) is 0 Å². The van der Waals surface area contributed by atoms with E-state index in [-0.39, 0.29) is 0 Å². The lowest BCUT2D eigenvalue weighted by atomic mass is 9.88. The van der Waals surface area contributed by atoms with Crippen LogP contribution in [0.2, 0.25) is 0 Å². The van der Waals surface area contributed by atoms with Crippen LogP contribution in [-0.4, -0.2) is 0 Å². The predicted octanol–water partition coefficient (Wildman–Crippen LogP) is 11.9. The van der Waals surface area contributed by atoms with Crippen LogP contribution in [0.5, 0.6) is 0 Å². The van der Waals surface area contributed by atoms with E-state index in [1.165, 1.54) is 0 Å². The Balaban J connectivity index is 1.56. The van der Waals surface area contributed by atoms with Crippen LogP contribution in [0, 0.1) is 0 Å². The molecule has 0 bridgehead atoms. The van der Waals surface area contributed by atoms with E-state index in [2.05, 4.69) is 0 Å². The van der Waals surface area contributed by atoms with Crippen LogP contribution in [0.25, 0.3) is 86.9 Å². The van der Waals surface area contributed by atoms with Crippen LogP contribution in [0.15, 0.2) is 157 Å². The first-order valence-corrected chi connectivity index (χ1v) is 12.5. The van der Waals surface area contributed by atoms with E-state index in [0.717, 1.165) is 0 Å². The maximum atomic E-state index is 9.58. The Bertz CT molecular complexity index is 3940. The van der Waals surface area contributed by atoms with Gasteiger partial charge in [0.15, 0.2) is 0 Å². The van der Waals surface area contributed by atoms with Crippen molar-refractivity contribution in [3.63, 3.8) is 0 Å². The van der Waals surface area contributed by atoms with Crippen molar-refractivity contribution in [3.8, 4) is 22.3 Å². The molecule has 0 nitrogen and oxygen atoms in total.